The van der Waals surface area contributed by atoms with E-state index in [1.807, 2.05) is 13.1 Å². The van der Waals surface area contributed by atoms with Crippen molar-refractivity contribution >= 4 is 19.4 Å². The molecule has 1 aliphatic rings. The summed E-state index contributed by atoms with van der Waals surface area (Å²) in [5.41, 5.74) is 3.00. The van der Waals surface area contributed by atoms with Gasteiger partial charge in [-0.3, -0.25) is 14.9 Å². The molecule has 0 spiro atoms. The molecule has 20 heavy (non-hydrogen) atoms. The molecule has 2 rings (SSSR count). The maximum absolute atomic E-state index is 11.4. The molecule has 7 heteroatoms. The molecule has 1 atom stereocenters. The molecule has 1 aliphatic heterocycles. The van der Waals surface area contributed by atoms with Gasteiger partial charge in [0.25, 0.3) is 5.91 Å². The number of methoxy groups -OCH3 is 1. The molecule has 1 aromatic carbocycles. The summed E-state index contributed by atoms with van der Waals surface area (Å²) in [7, 11) is 3.67. The predicted octanol–water partition coefficient (Wildman–Crippen LogP) is 0.758. The van der Waals surface area contributed by atoms with Crippen molar-refractivity contribution in [2.45, 2.75) is 12.6 Å². The Kier molecular flexibility index (Phi) is 6.28. The number of hydrogen-bond acceptors (Lipinski definition) is 5. The van der Waals surface area contributed by atoms with Crippen LogP contribution in [-0.2, 0) is 11.3 Å². The lowest BCUT2D eigenvalue weighted by molar-refractivity contribution is 0.0705. The van der Waals surface area contributed by atoms with Gasteiger partial charge in [0, 0.05) is 24.8 Å². The van der Waals surface area contributed by atoms with Gasteiger partial charge in [0.1, 0.15) is 12.4 Å². The average molecular weight is 300 g/mol. The van der Waals surface area contributed by atoms with Crippen LogP contribution in [0.5, 0.6) is 5.75 Å². The standard InChI is InChI=1S/C13H18N2O4.H2S/c1-15-6-10-4-3-9(13(16)14-17)5-12(10)19-8-11(15)7-18-2;/h3-5,11,17H,6-8H2,1-2H3,(H,14,16);1H2/t11-;/m0./s1. The van der Waals surface area contributed by atoms with Crippen molar-refractivity contribution in [3.05, 3.63) is 29.3 Å². The Balaban J connectivity index is 0.00000200. The van der Waals surface area contributed by atoms with Crippen LogP contribution < -0.4 is 10.2 Å². The molecule has 0 saturated heterocycles. The van der Waals surface area contributed by atoms with Gasteiger partial charge in [-0.1, -0.05) is 6.07 Å². The summed E-state index contributed by atoms with van der Waals surface area (Å²) in [6.45, 7) is 1.82. The lowest BCUT2D eigenvalue weighted by Crippen LogP contribution is -2.37. The SMILES string of the molecule is COC[C@H]1COc2cc(C(=O)NO)ccc2CN1C.S. The molecular formula is C13H20N2O4S. The van der Waals surface area contributed by atoms with Gasteiger partial charge < -0.3 is 9.47 Å². The molecule has 0 saturated carbocycles. The van der Waals surface area contributed by atoms with E-state index in [4.69, 9.17) is 14.7 Å². The number of nitrogens with one attached hydrogen (secondary N) is 1. The first kappa shape index (κ1) is 16.8. The maximum atomic E-state index is 11.4. The minimum atomic E-state index is -0.544. The van der Waals surface area contributed by atoms with Crippen molar-refractivity contribution < 1.29 is 19.5 Å². The number of nitrogens with zero attached hydrogens (tertiary/aromatic N) is 1. The van der Waals surface area contributed by atoms with Crippen LogP contribution in [0.15, 0.2) is 18.2 Å². The number of amides is 1. The van der Waals surface area contributed by atoms with Crippen molar-refractivity contribution in [2.24, 2.45) is 0 Å². The topological polar surface area (TPSA) is 71.0 Å². The van der Waals surface area contributed by atoms with Crippen LogP contribution in [0.4, 0.5) is 0 Å². The van der Waals surface area contributed by atoms with Gasteiger partial charge in [-0.05, 0) is 19.2 Å². The van der Waals surface area contributed by atoms with E-state index < -0.39 is 5.91 Å². The molecule has 2 N–H and O–H groups in total. The molecule has 0 radical (unpaired) electrons. The third kappa shape index (κ3) is 3.63. The molecule has 0 aliphatic carbocycles. The number of carbonyl (C=O) groups is 1. The van der Waals surface area contributed by atoms with Crippen molar-refractivity contribution in [2.75, 3.05) is 27.4 Å². The summed E-state index contributed by atoms with van der Waals surface area (Å²) in [6.07, 6.45) is 0. The highest BCUT2D eigenvalue weighted by Gasteiger charge is 2.22. The van der Waals surface area contributed by atoms with Crippen molar-refractivity contribution in [1.29, 1.82) is 0 Å². The summed E-state index contributed by atoms with van der Waals surface area (Å²) in [4.78, 5) is 13.5. The molecule has 1 heterocycles. The Bertz CT molecular complexity index is 470. The second-order valence-corrected chi connectivity index (χ2v) is 4.60. The smallest absolute Gasteiger partial charge is 0.274 e. The van der Waals surface area contributed by atoms with Crippen molar-refractivity contribution in [1.82, 2.24) is 10.4 Å². The van der Waals surface area contributed by atoms with Crippen LogP contribution >= 0.6 is 13.5 Å². The highest BCUT2D eigenvalue weighted by Crippen LogP contribution is 2.25. The van der Waals surface area contributed by atoms with Gasteiger partial charge >= 0.3 is 0 Å². The number of fused-ring (bicyclic) bond motifs is 1. The Labute approximate surface area is 125 Å². The Morgan fingerprint density at radius 2 is 2.35 bits per heavy atom. The third-order valence-electron chi connectivity index (χ3n) is 3.26. The Hall–Kier alpha value is -1.28. The van der Waals surface area contributed by atoms with E-state index in [9.17, 15) is 4.79 Å². The average Bonchev–Trinajstić information content (AvgIpc) is 2.57. The van der Waals surface area contributed by atoms with Gasteiger partial charge in [-0.25, -0.2) is 5.48 Å². The van der Waals surface area contributed by atoms with E-state index >= 15 is 0 Å². The predicted molar refractivity (Wildman–Crippen MR) is 78.7 cm³/mol. The van der Waals surface area contributed by atoms with E-state index in [1.165, 1.54) is 0 Å². The summed E-state index contributed by atoms with van der Waals surface area (Å²) < 4.78 is 10.9. The lowest BCUT2D eigenvalue weighted by Gasteiger charge is -2.23. The minimum Gasteiger partial charge on any atom is -0.492 e. The van der Waals surface area contributed by atoms with Gasteiger partial charge in [-0.2, -0.15) is 13.5 Å². The molecule has 0 fully saturated rings. The largest absolute Gasteiger partial charge is 0.492 e. The normalized spacial score (nSPS) is 18.2. The van der Waals surface area contributed by atoms with Crippen LogP contribution in [0.2, 0.25) is 0 Å². The number of hydrogen-bond donors (Lipinski definition) is 2. The first-order valence-corrected chi connectivity index (χ1v) is 6.05. The van der Waals surface area contributed by atoms with Crippen LogP contribution in [0.25, 0.3) is 0 Å². The van der Waals surface area contributed by atoms with Crippen molar-refractivity contribution in [3.8, 4) is 5.75 Å². The molecule has 0 bridgehead atoms. The van der Waals surface area contributed by atoms with Crippen molar-refractivity contribution in [3.63, 3.8) is 0 Å². The van der Waals surface area contributed by atoms with Crippen LogP contribution in [0, 0.1) is 0 Å². The molecule has 0 aromatic heterocycles. The summed E-state index contributed by atoms with van der Waals surface area (Å²) in [6, 6.07) is 5.32. The number of ether oxygens (including phenoxy) is 2. The molecular weight excluding hydrogens is 280 g/mol. The van der Waals surface area contributed by atoms with Gasteiger partial charge in [0.2, 0.25) is 0 Å². The number of carbonyl (C=O) groups excluding carboxylic acids is 1. The zero-order chi connectivity index (χ0) is 13.8. The number of rotatable bonds is 3. The second-order valence-electron chi connectivity index (χ2n) is 4.60. The van der Waals surface area contributed by atoms with E-state index in [0.29, 0.717) is 24.5 Å². The Morgan fingerprint density at radius 1 is 1.60 bits per heavy atom. The molecule has 6 nitrogen and oxygen atoms in total. The first-order valence-electron chi connectivity index (χ1n) is 6.05. The highest BCUT2D eigenvalue weighted by molar-refractivity contribution is 7.59. The summed E-state index contributed by atoms with van der Waals surface area (Å²) >= 11 is 0. The zero-order valence-electron chi connectivity index (χ0n) is 11.5. The number of likely N-dealkylation sites (N-methyl/N-ethyl adjacent to an activating group) is 1. The maximum Gasteiger partial charge on any atom is 0.274 e. The van der Waals surface area contributed by atoms with Crippen LogP contribution in [-0.4, -0.2) is 49.4 Å². The van der Waals surface area contributed by atoms with E-state index in [0.717, 1.165) is 12.1 Å². The van der Waals surface area contributed by atoms with Gasteiger partial charge in [-0.15, -0.1) is 0 Å². The third-order valence-corrected chi connectivity index (χ3v) is 3.26. The van der Waals surface area contributed by atoms with E-state index in [2.05, 4.69) is 4.90 Å². The lowest BCUT2D eigenvalue weighted by atomic mass is 10.1. The Morgan fingerprint density at radius 3 is 3.00 bits per heavy atom. The quantitative estimate of drug-likeness (QED) is 0.637. The molecule has 1 amide bonds. The van der Waals surface area contributed by atoms with Gasteiger partial charge in [0.05, 0.1) is 12.6 Å². The van der Waals surface area contributed by atoms with Gasteiger partial charge in [0.15, 0.2) is 0 Å². The number of hydroxylamine groups is 1. The highest BCUT2D eigenvalue weighted by atomic mass is 32.1. The summed E-state index contributed by atoms with van der Waals surface area (Å²) in [5, 5.41) is 8.64. The fourth-order valence-corrected chi connectivity index (χ4v) is 2.10. The molecule has 0 unspecified atom stereocenters. The van der Waals surface area contributed by atoms with E-state index in [1.54, 1.807) is 24.7 Å². The molecule has 112 valence electrons. The summed E-state index contributed by atoms with van der Waals surface area (Å²) in [5.74, 6) is 0.129. The van der Waals surface area contributed by atoms with Crippen LogP contribution in [0.1, 0.15) is 15.9 Å². The fourth-order valence-electron chi connectivity index (χ4n) is 2.10. The monoisotopic (exact) mass is 300 g/mol. The van der Waals surface area contributed by atoms with E-state index in [-0.39, 0.29) is 19.5 Å². The minimum absolute atomic E-state index is 0. The number of benzene rings is 1. The second kappa shape index (κ2) is 7.49. The van der Waals surface area contributed by atoms with Crippen LogP contribution in [0.3, 0.4) is 0 Å². The first-order chi connectivity index (χ1) is 9.15. The molecule has 1 aromatic rings. The zero-order valence-corrected chi connectivity index (χ0v) is 12.5. The fraction of sp³-hybridized carbons (Fsp3) is 0.462.